The Balaban J connectivity index is 1.51. The fourth-order valence-corrected chi connectivity index (χ4v) is 4.33. The van der Waals surface area contributed by atoms with Gasteiger partial charge in [0.05, 0.1) is 17.6 Å². The van der Waals surface area contributed by atoms with Crippen molar-refractivity contribution in [2.75, 3.05) is 6.61 Å². The number of aromatic amines is 1. The van der Waals surface area contributed by atoms with Crippen LogP contribution in [-0.4, -0.2) is 39.3 Å². The Labute approximate surface area is 193 Å². The number of primary amides is 1. The molecule has 0 spiro atoms. The molecule has 33 heavy (non-hydrogen) atoms. The monoisotopic (exact) mass is 476 g/mol. The van der Waals surface area contributed by atoms with E-state index in [1.54, 1.807) is 23.1 Å². The van der Waals surface area contributed by atoms with Crippen molar-refractivity contribution in [3.05, 3.63) is 58.9 Å². The third-order valence-electron chi connectivity index (χ3n) is 5.93. The van der Waals surface area contributed by atoms with Crippen LogP contribution in [0.1, 0.15) is 31.5 Å². The van der Waals surface area contributed by atoms with Gasteiger partial charge in [-0.1, -0.05) is 11.6 Å². The number of nitrogens with two attached hydrogens (primary N) is 1. The minimum absolute atomic E-state index is 0.0537. The zero-order valence-electron chi connectivity index (χ0n) is 17.7. The van der Waals surface area contributed by atoms with Gasteiger partial charge in [0.2, 0.25) is 5.91 Å². The first-order valence-corrected chi connectivity index (χ1v) is 11.0. The van der Waals surface area contributed by atoms with Crippen LogP contribution in [0.25, 0.3) is 11.0 Å². The van der Waals surface area contributed by atoms with Gasteiger partial charge >= 0.3 is 0 Å². The number of carbonyl (C=O) groups is 2. The van der Waals surface area contributed by atoms with Gasteiger partial charge in [0, 0.05) is 23.0 Å². The van der Waals surface area contributed by atoms with Gasteiger partial charge in [-0.25, -0.2) is 13.8 Å². The maximum absolute atomic E-state index is 13.5. The number of fused-ring (bicyclic) bond motifs is 1. The second-order valence-corrected chi connectivity index (χ2v) is 8.58. The average molecular weight is 477 g/mol. The number of amides is 2. The van der Waals surface area contributed by atoms with E-state index in [1.807, 2.05) is 0 Å². The van der Waals surface area contributed by atoms with Crippen molar-refractivity contribution < 1.29 is 23.1 Å². The summed E-state index contributed by atoms with van der Waals surface area (Å²) >= 11 is 6.05. The van der Waals surface area contributed by atoms with Gasteiger partial charge in [0.1, 0.15) is 11.6 Å². The molecule has 0 atom stereocenters. The van der Waals surface area contributed by atoms with E-state index in [0.29, 0.717) is 36.5 Å². The first kappa shape index (κ1) is 23.0. The molecule has 2 amide bonds. The molecule has 1 saturated carbocycles. The SMILES string of the molecule is NC(=O)C1CCC(N(Cc2nc3ccc(Cl)cc3[nH]2)C(=O)COc2ccc(F)c(F)c2)CC1. The number of nitrogens with zero attached hydrogens (tertiary/aromatic N) is 2. The highest BCUT2D eigenvalue weighted by Crippen LogP contribution is 2.29. The van der Waals surface area contributed by atoms with E-state index in [1.165, 1.54) is 6.07 Å². The van der Waals surface area contributed by atoms with Crippen LogP contribution in [0.4, 0.5) is 8.78 Å². The molecule has 1 fully saturated rings. The van der Waals surface area contributed by atoms with Crippen LogP contribution in [0.15, 0.2) is 36.4 Å². The van der Waals surface area contributed by atoms with Crippen molar-refractivity contribution in [3.8, 4) is 5.75 Å². The minimum Gasteiger partial charge on any atom is -0.484 e. The molecule has 174 valence electrons. The van der Waals surface area contributed by atoms with E-state index in [2.05, 4.69) is 9.97 Å². The van der Waals surface area contributed by atoms with E-state index < -0.39 is 11.6 Å². The lowest BCUT2D eigenvalue weighted by molar-refractivity contribution is -0.137. The zero-order valence-corrected chi connectivity index (χ0v) is 18.4. The van der Waals surface area contributed by atoms with Crippen molar-refractivity contribution >= 4 is 34.4 Å². The lowest BCUT2D eigenvalue weighted by Crippen LogP contribution is -2.45. The molecule has 2 aromatic carbocycles. The maximum Gasteiger partial charge on any atom is 0.261 e. The van der Waals surface area contributed by atoms with E-state index in [0.717, 1.165) is 23.2 Å². The average Bonchev–Trinajstić information content (AvgIpc) is 3.19. The molecule has 0 saturated heterocycles. The Hall–Kier alpha value is -3.20. The fraction of sp³-hybridized carbons (Fsp3) is 0.348. The first-order chi connectivity index (χ1) is 15.8. The number of halogens is 3. The van der Waals surface area contributed by atoms with Crippen molar-refractivity contribution in [3.63, 3.8) is 0 Å². The molecular weight excluding hydrogens is 454 g/mol. The van der Waals surface area contributed by atoms with Gasteiger partial charge < -0.3 is 20.4 Å². The van der Waals surface area contributed by atoms with E-state index in [9.17, 15) is 18.4 Å². The van der Waals surface area contributed by atoms with Crippen molar-refractivity contribution in [1.82, 2.24) is 14.9 Å². The molecule has 7 nitrogen and oxygen atoms in total. The summed E-state index contributed by atoms with van der Waals surface area (Å²) in [4.78, 5) is 34.0. The van der Waals surface area contributed by atoms with Crippen LogP contribution in [0.5, 0.6) is 5.75 Å². The smallest absolute Gasteiger partial charge is 0.261 e. The van der Waals surface area contributed by atoms with Gasteiger partial charge in [-0.15, -0.1) is 0 Å². The number of nitrogens with one attached hydrogen (secondary N) is 1. The fourth-order valence-electron chi connectivity index (χ4n) is 4.16. The summed E-state index contributed by atoms with van der Waals surface area (Å²) in [5.74, 6) is -2.29. The van der Waals surface area contributed by atoms with Crippen LogP contribution in [0.3, 0.4) is 0 Å². The first-order valence-electron chi connectivity index (χ1n) is 10.6. The second kappa shape index (κ2) is 9.74. The van der Waals surface area contributed by atoms with Gasteiger partial charge in [-0.2, -0.15) is 0 Å². The number of aromatic nitrogens is 2. The highest BCUT2D eigenvalue weighted by molar-refractivity contribution is 6.31. The van der Waals surface area contributed by atoms with E-state index >= 15 is 0 Å². The van der Waals surface area contributed by atoms with Gasteiger partial charge in [-0.05, 0) is 56.0 Å². The summed E-state index contributed by atoms with van der Waals surface area (Å²) < 4.78 is 32.0. The molecule has 1 aromatic heterocycles. The van der Waals surface area contributed by atoms with E-state index in [4.69, 9.17) is 22.1 Å². The topological polar surface area (TPSA) is 101 Å². The predicted molar refractivity (Wildman–Crippen MR) is 118 cm³/mol. The molecule has 1 aliphatic rings. The summed E-state index contributed by atoms with van der Waals surface area (Å²) in [5, 5.41) is 0.565. The maximum atomic E-state index is 13.5. The van der Waals surface area contributed by atoms with Crippen LogP contribution in [-0.2, 0) is 16.1 Å². The second-order valence-electron chi connectivity index (χ2n) is 8.14. The number of imidazole rings is 1. The molecule has 0 bridgehead atoms. The molecule has 3 N–H and O–H groups in total. The summed E-state index contributed by atoms with van der Waals surface area (Å²) in [7, 11) is 0. The Morgan fingerprint density at radius 2 is 1.88 bits per heavy atom. The third-order valence-corrected chi connectivity index (χ3v) is 6.16. The molecule has 1 heterocycles. The van der Waals surface area contributed by atoms with Gasteiger partial charge in [0.15, 0.2) is 18.2 Å². The Morgan fingerprint density at radius 3 is 2.58 bits per heavy atom. The number of H-pyrrole nitrogens is 1. The minimum atomic E-state index is -1.05. The quantitative estimate of drug-likeness (QED) is 0.539. The third kappa shape index (κ3) is 5.42. The standard InChI is InChI=1S/C23H23ClF2N4O3/c24-14-3-8-19-20(9-14)29-21(28-19)11-30(15-4-1-13(2-5-15)23(27)32)22(31)12-33-16-6-7-17(25)18(26)10-16/h3,6-10,13,15H,1-2,4-5,11-12H2,(H2,27,32)(H,28,29). The molecule has 3 aromatic rings. The Morgan fingerprint density at radius 1 is 1.12 bits per heavy atom. The summed E-state index contributed by atoms with van der Waals surface area (Å²) in [6, 6.07) is 8.23. The molecular formula is C23H23ClF2N4O3. The highest BCUT2D eigenvalue weighted by Gasteiger charge is 2.31. The summed E-state index contributed by atoms with van der Waals surface area (Å²) in [5.41, 5.74) is 6.91. The number of rotatable bonds is 7. The zero-order chi connectivity index (χ0) is 23.5. The van der Waals surface area contributed by atoms with Gasteiger partial charge in [0.25, 0.3) is 5.91 Å². The predicted octanol–water partition coefficient (Wildman–Crippen LogP) is 3.95. The Bertz CT molecular complexity index is 1180. The van der Waals surface area contributed by atoms with Crippen LogP contribution >= 0.6 is 11.6 Å². The largest absolute Gasteiger partial charge is 0.484 e. The number of carbonyl (C=O) groups excluding carboxylic acids is 2. The van der Waals surface area contributed by atoms with Crippen molar-refractivity contribution in [2.24, 2.45) is 11.7 Å². The number of hydrogen-bond acceptors (Lipinski definition) is 4. The molecule has 1 aliphatic carbocycles. The van der Waals surface area contributed by atoms with Crippen molar-refractivity contribution in [2.45, 2.75) is 38.3 Å². The van der Waals surface area contributed by atoms with Crippen LogP contribution < -0.4 is 10.5 Å². The molecule has 4 rings (SSSR count). The molecule has 0 aliphatic heterocycles. The normalized spacial score (nSPS) is 18.3. The van der Waals surface area contributed by atoms with Crippen LogP contribution in [0.2, 0.25) is 5.02 Å². The lowest BCUT2D eigenvalue weighted by atomic mass is 9.85. The lowest BCUT2D eigenvalue weighted by Gasteiger charge is -2.35. The molecule has 0 radical (unpaired) electrons. The molecule has 0 unspecified atom stereocenters. The van der Waals surface area contributed by atoms with E-state index in [-0.39, 0.29) is 42.7 Å². The summed E-state index contributed by atoms with van der Waals surface area (Å²) in [6.45, 7) is -0.162. The summed E-state index contributed by atoms with van der Waals surface area (Å²) in [6.07, 6.45) is 2.39. The molecule has 10 heteroatoms. The highest BCUT2D eigenvalue weighted by atomic mass is 35.5. The number of ether oxygens (including phenoxy) is 1. The Kier molecular flexibility index (Phi) is 6.78. The van der Waals surface area contributed by atoms with Crippen LogP contribution in [0, 0.1) is 17.6 Å². The van der Waals surface area contributed by atoms with Gasteiger partial charge in [-0.3, -0.25) is 9.59 Å². The number of hydrogen-bond donors (Lipinski definition) is 2. The van der Waals surface area contributed by atoms with Crippen molar-refractivity contribution in [1.29, 1.82) is 0 Å². The number of benzene rings is 2.